The second-order valence-corrected chi connectivity index (χ2v) is 9.93. The van der Waals surface area contributed by atoms with Crippen molar-refractivity contribution >= 4 is 8.41 Å². The van der Waals surface area contributed by atoms with Gasteiger partial charge in [0.1, 0.15) is 0 Å². The van der Waals surface area contributed by atoms with E-state index in [1.165, 1.54) is 44.5 Å². The maximum Gasteiger partial charge on any atom is 0.0423 e. The van der Waals surface area contributed by atoms with Crippen molar-refractivity contribution in [1.82, 2.24) is 0 Å². The lowest BCUT2D eigenvalue weighted by Crippen LogP contribution is -2.26. The standard InChI is InChI=1S/C32H34.BH2/c1-23-7-13-26(14-8-23)31(4,5)27-19-21-30(22-20-27)32(6,28-15-9-24(2)10-16-28)29-17-11-25(3)12-18-29;/h7-22H,1-6H3;1H2/q;-1. The van der Waals surface area contributed by atoms with Gasteiger partial charge in [-0.15, -0.1) is 0 Å². The molecule has 0 atom stereocenters. The van der Waals surface area contributed by atoms with Crippen LogP contribution in [0.25, 0.3) is 0 Å². The van der Waals surface area contributed by atoms with Gasteiger partial charge in [-0.25, -0.2) is 0 Å². The number of rotatable bonds is 5. The molecule has 0 aliphatic rings. The van der Waals surface area contributed by atoms with Crippen molar-refractivity contribution in [1.29, 1.82) is 0 Å². The minimum Gasteiger partial charge on any atom is -0.381 e. The molecule has 0 saturated carbocycles. The Hall–Kier alpha value is -3.06. The molecule has 4 rings (SSSR count). The summed E-state index contributed by atoms with van der Waals surface area (Å²) in [6.07, 6.45) is 0. The van der Waals surface area contributed by atoms with Gasteiger partial charge in [-0.2, -0.15) is 0 Å². The fourth-order valence-electron chi connectivity index (χ4n) is 4.63. The van der Waals surface area contributed by atoms with Crippen LogP contribution in [-0.4, -0.2) is 8.41 Å². The van der Waals surface area contributed by atoms with Crippen LogP contribution in [0.3, 0.4) is 0 Å². The van der Waals surface area contributed by atoms with Crippen molar-refractivity contribution in [3.05, 3.63) is 142 Å². The molecular weight excluding hydrogens is 395 g/mol. The van der Waals surface area contributed by atoms with Crippen molar-refractivity contribution in [2.45, 2.75) is 52.4 Å². The Morgan fingerprint density at radius 1 is 0.364 bits per heavy atom. The molecule has 1 heteroatoms. The number of benzene rings is 4. The molecule has 0 N–H and O–H groups in total. The highest BCUT2D eigenvalue weighted by molar-refractivity contribution is 5.75. The van der Waals surface area contributed by atoms with Crippen LogP contribution in [0.5, 0.6) is 0 Å². The number of aryl methyl sites for hydroxylation is 3. The predicted octanol–water partition coefficient (Wildman–Crippen LogP) is 7.38. The largest absolute Gasteiger partial charge is 0.381 e. The van der Waals surface area contributed by atoms with Crippen LogP contribution in [-0.2, 0) is 10.8 Å². The predicted molar refractivity (Wildman–Crippen MR) is 146 cm³/mol. The van der Waals surface area contributed by atoms with Gasteiger partial charge in [0.05, 0.1) is 0 Å². The Morgan fingerprint density at radius 2 is 0.576 bits per heavy atom. The van der Waals surface area contributed by atoms with Crippen molar-refractivity contribution in [3.63, 3.8) is 0 Å². The molecule has 0 aromatic heterocycles. The van der Waals surface area contributed by atoms with Crippen LogP contribution >= 0.6 is 0 Å². The number of hydrogen-bond donors (Lipinski definition) is 0. The Morgan fingerprint density at radius 3 is 0.879 bits per heavy atom. The first kappa shape index (κ1) is 24.6. The van der Waals surface area contributed by atoms with Crippen molar-refractivity contribution in [2.75, 3.05) is 0 Å². The third-order valence-corrected chi connectivity index (χ3v) is 7.22. The molecule has 0 aliphatic heterocycles. The van der Waals surface area contributed by atoms with Gasteiger partial charge in [0, 0.05) is 10.8 Å². The molecule has 0 amide bonds. The highest BCUT2D eigenvalue weighted by atomic mass is 14.3. The molecule has 0 spiro atoms. The van der Waals surface area contributed by atoms with E-state index in [9.17, 15) is 0 Å². The molecule has 0 saturated heterocycles. The summed E-state index contributed by atoms with van der Waals surface area (Å²) >= 11 is 0. The highest BCUT2D eigenvalue weighted by Crippen LogP contribution is 2.40. The smallest absolute Gasteiger partial charge is 0.0423 e. The zero-order chi connectivity index (χ0) is 22.9. The van der Waals surface area contributed by atoms with Gasteiger partial charge < -0.3 is 8.41 Å². The minimum absolute atomic E-state index is 0. The summed E-state index contributed by atoms with van der Waals surface area (Å²) in [4.78, 5) is 0. The lowest BCUT2D eigenvalue weighted by Gasteiger charge is -2.33. The second kappa shape index (κ2) is 9.44. The van der Waals surface area contributed by atoms with Crippen LogP contribution in [0, 0.1) is 20.8 Å². The van der Waals surface area contributed by atoms with E-state index in [0.29, 0.717) is 0 Å². The molecule has 0 nitrogen and oxygen atoms in total. The average Bonchev–Trinajstić information content (AvgIpc) is 2.80. The first-order valence-electron chi connectivity index (χ1n) is 11.5. The van der Waals surface area contributed by atoms with E-state index in [1.807, 2.05) is 0 Å². The molecule has 168 valence electrons. The summed E-state index contributed by atoms with van der Waals surface area (Å²) < 4.78 is 0. The molecular formula is C32H36B-. The summed E-state index contributed by atoms with van der Waals surface area (Å²) in [6.45, 7) is 13.4. The quantitative estimate of drug-likeness (QED) is 0.229. The zero-order valence-corrected chi connectivity index (χ0v) is 21.2. The fraction of sp³-hybridized carbons (Fsp3) is 0.250. The molecule has 4 aromatic rings. The Kier molecular flexibility index (Phi) is 7.03. The van der Waals surface area contributed by atoms with Gasteiger partial charge in [-0.3, -0.25) is 0 Å². The van der Waals surface area contributed by atoms with Crippen molar-refractivity contribution < 1.29 is 0 Å². The van der Waals surface area contributed by atoms with Gasteiger partial charge >= 0.3 is 0 Å². The van der Waals surface area contributed by atoms with E-state index in [-0.39, 0.29) is 19.2 Å². The molecule has 4 aromatic carbocycles. The minimum atomic E-state index is -0.214. The molecule has 2 radical (unpaired) electrons. The van der Waals surface area contributed by atoms with Gasteiger partial charge in [0.15, 0.2) is 0 Å². The zero-order valence-electron chi connectivity index (χ0n) is 21.2. The fourth-order valence-corrected chi connectivity index (χ4v) is 4.63. The average molecular weight is 431 g/mol. The lowest BCUT2D eigenvalue weighted by atomic mass is 9.70. The summed E-state index contributed by atoms with van der Waals surface area (Å²) in [5.74, 6) is 0. The lowest BCUT2D eigenvalue weighted by molar-refractivity contribution is 0.637. The van der Waals surface area contributed by atoms with E-state index in [1.54, 1.807) is 0 Å². The van der Waals surface area contributed by atoms with Gasteiger partial charge in [-0.05, 0) is 55.5 Å². The molecule has 0 aliphatic carbocycles. The highest BCUT2D eigenvalue weighted by Gasteiger charge is 2.32. The van der Waals surface area contributed by atoms with E-state index in [4.69, 9.17) is 0 Å². The normalized spacial score (nSPS) is 11.7. The Labute approximate surface area is 202 Å². The maximum absolute atomic E-state index is 2.35. The second-order valence-electron chi connectivity index (χ2n) is 9.93. The van der Waals surface area contributed by atoms with Crippen LogP contribution in [0.2, 0.25) is 0 Å². The third-order valence-electron chi connectivity index (χ3n) is 7.22. The van der Waals surface area contributed by atoms with Gasteiger partial charge in [-0.1, -0.05) is 128 Å². The van der Waals surface area contributed by atoms with E-state index < -0.39 is 0 Å². The molecule has 0 fully saturated rings. The topological polar surface area (TPSA) is 0 Å². The van der Waals surface area contributed by atoms with Crippen molar-refractivity contribution in [3.8, 4) is 0 Å². The molecule has 33 heavy (non-hydrogen) atoms. The molecule has 0 heterocycles. The third kappa shape index (κ3) is 4.69. The summed E-state index contributed by atoms with van der Waals surface area (Å²) in [5, 5.41) is 0. The maximum atomic E-state index is 2.35. The van der Waals surface area contributed by atoms with Crippen LogP contribution in [0.1, 0.15) is 65.3 Å². The summed E-state index contributed by atoms with van der Waals surface area (Å²) in [6, 6.07) is 36.2. The van der Waals surface area contributed by atoms with Gasteiger partial charge in [0.2, 0.25) is 0 Å². The van der Waals surface area contributed by atoms with Crippen LogP contribution in [0.4, 0.5) is 0 Å². The Balaban J connectivity index is 0.00000306. The van der Waals surface area contributed by atoms with E-state index >= 15 is 0 Å². The van der Waals surface area contributed by atoms with E-state index in [2.05, 4.69) is 139 Å². The summed E-state index contributed by atoms with van der Waals surface area (Å²) in [7, 11) is 0. The number of hydrogen-bond acceptors (Lipinski definition) is 0. The first-order valence-corrected chi connectivity index (χ1v) is 11.5. The summed E-state index contributed by atoms with van der Waals surface area (Å²) in [5.41, 5.74) is 10.2. The van der Waals surface area contributed by atoms with Crippen LogP contribution in [0.15, 0.2) is 97.1 Å². The van der Waals surface area contributed by atoms with Crippen molar-refractivity contribution in [2.24, 2.45) is 0 Å². The van der Waals surface area contributed by atoms with Crippen LogP contribution < -0.4 is 0 Å². The molecule has 0 unspecified atom stereocenters. The van der Waals surface area contributed by atoms with E-state index in [0.717, 1.165) is 0 Å². The SMILES string of the molecule is Cc1ccc(C(C)(C)c2ccc(C(C)(c3ccc(C)cc3)c3ccc(C)cc3)cc2)cc1.[BH2-]. The monoisotopic (exact) mass is 431 g/mol. The Bertz CT molecular complexity index is 1130. The van der Waals surface area contributed by atoms with Gasteiger partial charge in [0.25, 0.3) is 0 Å². The first-order chi connectivity index (χ1) is 15.2. The molecule has 0 bridgehead atoms.